The summed E-state index contributed by atoms with van der Waals surface area (Å²) in [5, 5.41) is 2.95. The Morgan fingerprint density at radius 1 is 1.06 bits per heavy atom. The summed E-state index contributed by atoms with van der Waals surface area (Å²) < 4.78 is 29.2. The van der Waals surface area contributed by atoms with E-state index in [9.17, 15) is 14.0 Å². The number of likely N-dealkylation sites (tertiary alicyclic amines) is 1. The van der Waals surface area contributed by atoms with Crippen LogP contribution in [0.15, 0.2) is 42.5 Å². The Morgan fingerprint density at radius 2 is 1.81 bits per heavy atom. The molecule has 0 bridgehead atoms. The summed E-state index contributed by atoms with van der Waals surface area (Å²) in [7, 11) is 4.75. The second kappa shape index (κ2) is 10.9. The van der Waals surface area contributed by atoms with Gasteiger partial charge in [-0.05, 0) is 36.8 Å². The van der Waals surface area contributed by atoms with Crippen molar-refractivity contribution in [1.29, 1.82) is 0 Å². The minimum Gasteiger partial charge on any atom is -0.497 e. The van der Waals surface area contributed by atoms with Gasteiger partial charge in [0, 0.05) is 56.5 Å². The number of nitrogens with zero attached hydrogens (tertiary/aromatic N) is 1. The maximum atomic E-state index is 13.3. The van der Waals surface area contributed by atoms with E-state index in [-0.39, 0.29) is 24.3 Å². The first-order chi connectivity index (χ1) is 15.5. The van der Waals surface area contributed by atoms with Crippen molar-refractivity contribution in [2.24, 2.45) is 5.92 Å². The van der Waals surface area contributed by atoms with Crippen molar-refractivity contribution < 1.29 is 28.2 Å². The number of hydrogen-bond donors (Lipinski definition) is 1. The van der Waals surface area contributed by atoms with Crippen LogP contribution in [0.2, 0.25) is 0 Å². The van der Waals surface area contributed by atoms with E-state index in [0.717, 1.165) is 5.56 Å². The molecule has 7 nitrogen and oxygen atoms in total. The number of benzene rings is 2. The maximum absolute atomic E-state index is 13.3. The van der Waals surface area contributed by atoms with Crippen LogP contribution in [0, 0.1) is 11.7 Å². The second-order valence-electron chi connectivity index (χ2n) is 7.68. The molecule has 0 aromatic heterocycles. The topological polar surface area (TPSA) is 77.1 Å². The number of carbonyl (C=O) groups is 2. The lowest BCUT2D eigenvalue weighted by molar-refractivity contribution is -0.125. The summed E-state index contributed by atoms with van der Waals surface area (Å²) in [6, 6.07) is 10.9. The summed E-state index contributed by atoms with van der Waals surface area (Å²) in [5.41, 5.74) is 1.22. The molecule has 172 valence electrons. The quantitative estimate of drug-likeness (QED) is 0.602. The molecule has 1 aliphatic rings. The lowest BCUT2D eigenvalue weighted by Crippen LogP contribution is -2.36. The van der Waals surface area contributed by atoms with Crippen LogP contribution in [0.4, 0.5) is 4.39 Å². The van der Waals surface area contributed by atoms with Gasteiger partial charge in [0.15, 0.2) is 0 Å². The van der Waals surface area contributed by atoms with E-state index in [1.165, 1.54) is 24.3 Å². The molecule has 3 rings (SSSR count). The summed E-state index contributed by atoms with van der Waals surface area (Å²) in [6.45, 7) is 1.64. The summed E-state index contributed by atoms with van der Waals surface area (Å²) in [5.74, 6) is -0.245. The monoisotopic (exact) mass is 444 g/mol. The maximum Gasteiger partial charge on any atom is 0.253 e. The lowest BCUT2D eigenvalue weighted by Gasteiger charge is -2.21. The Labute approximate surface area is 187 Å². The van der Waals surface area contributed by atoms with Crippen LogP contribution in [0.5, 0.6) is 11.5 Å². The van der Waals surface area contributed by atoms with Gasteiger partial charge in [-0.15, -0.1) is 0 Å². The molecular weight excluding hydrogens is 415 g/mol. The zero-order chi connectivity index (χ0) is 23.1. The molecule has 0 saturated carbocycles. The van der Waals surface area contributed by atoms with E-state index in [4.69, 9.17) is 14.2 Å². The fourth-order valence-corrected chi connectivity index (χ4v) is 4.01. The molecule has 1 saturated heterocycles. The standard InChI is InChI=1S/C24H29FN2O5/c1-30-12-4-11-26-23(28)21-15-27(24(29)16-5-7-17(25)8-6-16)14-20(21)19-10-9-18(31-2)13-22(19)32-3/h5-10,13,20-21H,4,11-12,14-15H2,1-3H3,(H,26,28)/t20-,21-/m1/s1. The Hall–Kier alpha value is -3.13. The molecule has 2 amide bonds. The van der Waals surface area contributed by atoms with Crippen LogP contribution >= 0.6 is 0 Å². The molecule has 0 unspecified atom stereocenters. The number of hydrogen-bond acceptors (Lipinski definition) is 5. The molecule has 1 heterocycles. The first-order valence-corrected chi connectivity index (χ1v) is 10.5. The van der Waals surface area contributed by atoms with E-state index in [1.807, 2.05) is 12.1 Å². The van der Waals surface area contributed by atoms with Crippen LogP contribution in [0.3, 0.4) is 0 Å². The third-order valence-corrected chi connectivity index (χ3v) is 5.70. The SMILES string of the molecule is COCCCNC(=O)[C@@H]1CN(C(=O)c2ccc(F)cc2)C[C@@H]1c1ccc(OC)cc1OC. The van der Waals surface area contributed by atoms with Gasteiger partial charge >= 0.3 is 0 Å². The van der Waals surface area contributed by atoms with Crippen LogP contribution in [0.1, 0.15) is 28.3 Å². The van der Waals surface area contributed by atoms with Crippen molar-refractivity contribution in [3.63, 3.8) is 0 Å². The van der Waals surface area contributed by atoms with E-state index >= 15 is 0 Å². The van der Waals surface area contributed by atoms with Crippen molar-refractivity contribution in [2.45, 2.75) is 12.3 Å². The fourth-order valence-electron chi connectivity index (χ4n) is 4.01. The van der Waals surface area contributed by atoms with Crippen molar-refractivity contribution in [1.82, 2.24) is 10.2 Å². The fraction of sp³-hybridized carbons (Fsp3) is 0.417. The second-order valence-corrected chi connectivity index (χ2v) is 7.68. The molecule has 8 heteroatoms. The summed E-state index contributed by atoms with van der Waals surface area (Å²) in [4.78, 5) is 27.8. The third-order valence-electron chi connectivity index (χ3n) is 5.70. The molecular formula is C24H29FN2O5. The largest absolute Gasteiger partial charge is 0.497 e. The zero-order valence-corrected chi connectivity index (χ0v) is 18.6. The van der Waals surface area contributed by atoms with Crippen LogP contribution < -0.4 is 14.8 Å². The number of amides is 2. The van der Waals surface area contributed by atoms with Crippen molar-refractivity contribution in [2.75, 3.05) is 47.6 Å². The molecule has 2 aromatic rings. The van der Waals surface area contributed by atoms with Crippen LogP contribution in [0.25, 0.3) is 0 Å². The molecule has 2 atom stereocenters. The molecule has 1 fully saturated rings. The van der Waals surface area contributed by atoms with Crippen LogP contribution in [-0.4, -0.2) is 64.3 Å². The normalized spacial score (nSPS) is 17.8. The molecule has 2 aromatic carbocycles. The predicted octanol–water partition coefficient (Wildman–Crippen LogP) is 2.85. The van der Waals surface area contributed by atoms with Crippen molar-refractivity contribution >= 4 is 11.8 Å². The number of carbonyl (C=O) groups excluding carboxylic acids is 2. The van der Waals surface area contributed by atoms with Gasteiger partial charge in [-0.25, -0.2) is 4.39 Å². The van der Waals surface area contributed by atoms with E-state index in [1.54, 1.807) is 32.3 Å². The average Bonchev–Trinajstić information content (AvgIpc) is 3.26. The van der Waals surface area contributed by atoms with Gasteiger partial charge in [-0.2, -0.15) is 0 Å². The highest BCUT2D eigenvalue weighted by Gasteiger charge is 2.41. The average molecular weight is 445 g/mol. The van der Waals surface area contributed by atoms with E-state index < -0.39 is 11.7 Å². The molecule has 0 aliphatic carbocycles. The van der Waals surface area contributed by atoms with Crippen molar-refractivity contribution in [3.8, 4) is 11.5 Å². The highest BCUT2D eigenvalue weighted by atomic mass is 19.1. The first-order valence-electron chi connectivity index (χ1n) is 10.5. The Morgan fingerprint density at radius 3 is 2.47 bits per heavy atom. The van der Waals surface area contributed by atoms with Gasteiger partial charge in [0.25, 0.3) is 5.91 Å². The summed E-state index contributed by atoms with van der Waals surface area (Å²) >= 11 is 0. The van der Waals surface area contributed by atoms with Gasteiger partial charge in [0.1, 0.15) is 17.3 Å². The van der Waals surface area contributed by atoms with Gasteiger partial charge in [0.2, 0.25) is 5.91 Å². The van der Waals surface area contributed by atoms with Gasteiger partial charge in [0.05, 0.1) is 20.1 Å². The Bertz CT molecular complexity index is 934. The molecule has 32 heavy (non-hydrogen) atoms. The van der Waals surface area contributed by atoms with Crippen molar-refractivity contribution in [3.05, 3.63) is 59.4 Å². The molecule has 0 spiro atoms. The predicted molar refractivity (Wildman–Crippen MR) is 118 cm³/mol. The first kappa shape index (κ1) is 23.5. The third kappa shape index (κ3) is 5.37. The smallest absolute Gasteiger partial charge is 0.253 e. The summed E-state index contributed by atoms with van der Waals surface area (Å²) in [6.07, 6.45) is 0.698. The molecule has 1 aliphatic heterocycles. The Kier molecular flexibility index (Phi) is 8.05. The lowest BCUT2D eigenvalue weighted by atomic mass is 9.87. The minimum absolute atomic E-state index is 0.126. The Balaban J connectivity index is 1.86. The number of methoxy groups -OCH3 is 3. The highest BCUT2D eigenvalue weighted by molar-refractivity contribution is 5.95. The van der Waals surface area contributed by atoms with Gasteiger partial charge in [-0.3, -0.25) is 9.59 Å². The van der Waals surface area contributed by atoms with E-state index in [0.29, 0.717) is 43.2 Å². The minimum atomic E-state index is -0.454. The van der Waals surface area contributed by atoms with Crippen LogP contribution in [-0.2, 0) is 9.53 Å². The van der Waals surface area contributed by atoms with Gasteiger partial charge < -0.3 is 24.4 Å². The van der Waals surface area contributed by atoms with E-state index in [2.05, 4.69) is 5.32 Å². The number of nitrogens with one attached hydrogen (secondary N) is 1. The highest BCUT2D eigenvalue weighted by Crippen LogP contribution is 2.39. The molecule has 1 N–H and O–H groups in total. The number of ether oxygens (including phenoxy) is 3. The number of rotatable bonds is 9. The zero-order valence-electron chi connectivity index (χ0n) is 18.6. The molecule has 0 radical (unpaired) electrons. The van der Waals surface area contributed by atoms with Gasteiger partial charge in [-0.1, -0.05) is 6.07 Å². The number of halogens is 1.